The van der Waals surface area contributed by atoms with Crippen LogP contribution < -0.4 is 11.1 Å². The standard InChI is InChI=1S/C23H25NO7.C2H7N/c1-3-9-5-10(4-2)18(26)16-13(9)7-11-6-12-8-14(25)17(22(24)30)21(29)23(12,31)20(28)15(11)19(16)27;1-3-2/h5,11-12,26-27,29,31H,3-4,6-8H2,1-2H3,(H2,24,30);3H,1-2H3/t11?,12-,23-;/m0./s1. The minimum Gasteiger partial charge on any atom is -0.508 e. The first-order valence-electron chi connectivity index (χ1n) is 11.4. The van der Waals surface area contributed by atoms with Crippen LogP contribution in [-0.2, 0) is 33.6 Å². The van der Waals surface area contributed by atoms with E-state index in [0.717, 1.165) is 11.1 Å². The number of primary amides is 1. The average molecular weight is 473 g/mol. The van der Waals surface area contributed by atoms with Gasteiger partial charge in [0.2, 0.25) is 5.78 Å². The molecule has 0 radical (unpaired) electrons. The van der Waals surface area contributed by atoms with E-state index in [1.54, 1.807) is 0 Å². The Morgan fingerprint density at radius 1 is 1.12 bits per heavy atom. The van der Waals surface area contributed by atoms with Crippen molar-refractivity contribution in [2.24, 2.45) is 17.6 Å². The summed E-state index contributed by atoms with van der Waals surface area (Å²) in [5.41, 5.74) is 4.24. The molecule has 0 aromatic heterocycles. The van der Waals surface area contributed by atoms with Gasteiger partial charge in [-0.1, -0.05) is 19.9 Å². The van der Waals surface area contributed by atoms with Gasteiger partial charge in [0, 0.05) is 17.9 Å². The molecule has 1 fully saturated rings. The molecule has 1 aromatic carbocycles. The summed E-state index contributed by atoms with van der Waals surface area (Å²) in [5.74, 6) is -5.98. The Morgan fingerprint density at radius 3 is 2.24 bits per heavy atom. The predicted octanol–water partition coefficient (Wildman–Crippen LogP) is 1.38. The van der Waals surface area contributed by atoms with Gasteiger partial charge < -0.3 is 31.5 Å². The molecule has 0 heterocycles. The van der Waals surface area contributed by atoms with Gasteiger partial charge in [0.15, 0.2) is 11.4 Å². The summed E-state index contributed by atoms with van der Waals surface area (Å²) >= 11 is 0. The number of aryl methyl sites for hydroxylation is 2. The zero-order valence-corrected chi connectivity index (χ0v) is 19.9. The fraction of sp³-hybridized carbons (Fsp3) is 0.480. The van der Waals surface area contributed by atoms with Crippen LogP contribution in [0.25, 0.3) is 5.76 Å². The van der Waals surface area contributed by atoms with Crippen molar-refractivity contribution in [1.82, 2.24) is 5.32 Å². The molecule has 0 bridgehead atoms. The largest absolute Gasteiger partial charge is 0.508 e. The summed E-state index contributed by atoms with van der Waals surface area (Å²) in [6, 6.07) is 1.89. The smallest absolute Gasteiger partial charge is 0.255 e. The normalized spacial score (nSPS) is 25.8. The van der Waals surface area contributed by atoms with Crippen LogP contribution in [0.3, 0.4) is 0 Å². The molecule has 0 saturated heterocycles. The lowest BCUT2D eigenvalue weighted by Gasteiger charge is -2.46. The Balaban J connectivity index is 0.00000103. The fourth-order valence-electron chi connectivity index (χ4n) is 5.41. The number of fused-ring (bicyclic) bond motifs is 3. The third-order valence-corrected chi connectivity index (χ3v) is 7.00. The van der Waals surface area contributed by atoms with Crippen molar-refractivity contribution in [3.63, 3.8) is 0 Å². The maximum absolute atomic E-state index is 13.4. The molecule has 3 atom stereocenters. The van der Waals surface area contributed by atoms with Crippen LogP contribution in [0.5, 0.6) is 5.75 Å². The van der Waals surface area contributed by atoms with Crippen LogP contribution in [0, 0.1) is 11.8 Å². The van der Waals surface area contributed by atoms with Gasteiger partial charge in [-0.3, -0.25) is 14.4 Å². The number of nitrogens with two attached hydrogens (primary N) is 1. The number of aromatic hydroxyl groups is 1. The second-order valence-corrected chi connectivity index (χ2v) is 9.01. The first-order valence-corrected chi connectivity index (χ1v) is 11.4. The highest BCUT2D eigenvalue weighted by molar-refractivity contribution is 6.22. The molecule has 184 valence electrons. The molecule has 1 saturated carbocycles. The van der Waals surface area contributed by atoms with Crippen molar-refractivity contribution in [2.45, 2.75) is 51.6 Å². The van der Waals surface area contributed by atoms with Gasteiger partial charge in [-0.05, 0) is 62.4 Å². The molecule has 9 nitrogen and oxygen atoms in total. The molecule has 1 aromatic rings. The maximum Gasteiger partial charge on any atom is 0.255 e. The topological polar surface area (TPSA) is 170 Å². The quantitative estimate of drug-likeness (QED) is 0.358. The Bertz CT molecular complexity index is 1130. The Labute approximate surface area is 198 Å². The van der Waals surface area contributed by atoms with E-state index in [9.17, 15) is 34.8 Å². The van der Waals surface area contributed by atoms with Crippen molar-refractivity contribution >= 4 is 23.2 Å². The molecular weight excluding hydrogens is 440 g/mol. The van der Waals surface area contributed by atoms with E-state index in [-0.39, 0.29) is 29.7 Å². The lowest BCUT2D eigenvalue weighted by molar-refractivity contribution is -0.147. The van der Waals surface area contributed by atoms with Crippen molar-refractivity contribution in [2.75, 3.05) is 14.1 Å². The van der Waals surface area contributed by atoms with E-state index in [1.165, 1.54) is 0 Å². The number of carbonyl (C=O) groups excluding carboxylic acids is 3. The first kappa shape index (κ1) is 25.5. The third-order valence-electron chi connectivity index (χ3n) is 7.00. The molecule has 1 unspecified atom stereocenters. The molecule has 7 N–H and O–H groups in total. The van der Waals surface area contributed by atoms with Gasteiger partial charge in [-0.15, -0.1) is 0 Å². The third kappa shape index (κ3) is 3.59. The van der Waals surface area contributed by atoms with Gasteiger partial charge in [-0.2, -0.15) is 0 Å². The van der Waals surface area contributed by atoms with Crippen LogP contribution in [0.1, 0.15) is 48.9 Å². The van der Waals surface area contributed by atoms with Gasteiger partial charge in [0.05, 0.1) is 5.56 Å². The van der Waals surface area contributed by atoms with Gasteiger partial charge in [0.1, 0.15) is 22.8 Å². The zero-order valence-electron chi connectivity index (χ0n) is 19.9. The van der Waals surface area contributed by atoms with Crippen molar-refractivity contribution < 1.29 is 34.8 Å². The Morgan fingerprint density at radius 2 is 1.71 bits per heavy atom. The van der Waals surface area contributed by atoms with Gasteiger partial charge in [-0.25, -0.2) is 0 Å². The highest BCUT2D eigenvalue weighted by Gasteiger charge is 2.60. The summed E-state index contributed by atoms with van der Waals surface area (Å²) in [6.45, 7) is 3.82. The van der Waals surface area contributed by atoms with Crippen LogP contribution in [0.2, 0.25) is 0 Å². The van der Waals surface area contributed by atoms with Crippen LogP contribution in [0.4, 0.5) is 0 Å². The summed E-state index contributed by atoms with van der Waals surface area (Å²) in [6.07, 6.45) is 1.35. The molecule has 3 aliphatic carbocycles. The van der Waals surface area contributed by atoms with Crippen molar-refractivity contribution in [3.8, 4) is 5.75 Å². The monoisotopic (exact) mass is 472 g/mol. The molecular formula is C25H32N2O7. The number of amides is 1. The number of hydrogen-bond acceptors (Lipinski definition) is 8. The predicted molar refractivity (Wildman–Crippen MR) is 125 cm³/mol. The molecule has 9 heteroatoms. The van der Waals surface area contributed by atoms with Crippen molar-refractivity contribution in [1.29, 1.82) is 0 Å². The highest BCUT2D eigenvalue weighted by Crippen LogP contribution is 2.52. The summed E-state index contributed by atoms with van der Waals surface area (Å²) in [5, 5.41) is 46.4. The summed E-state index contributed by atoms with van der Waals surface area (Å²) in [7, 11) is 3.75. The number of carbonyl (C=O) groups is 3. The lowest BCUT2D eigenvalue weighted by atomic mass is 9.59. The fourth-order valence-corrected chi connectivity index (χ4v) is 5.41. The number of aliphatic hydroxyl groups excluding tert-OH is 2. The zero-order chi connectivity index (χ0) is 25.5. The van der Waals surface area contributed by atoms with Crippen LogP contribution in [0.15, 0.2) is 23.0 Å². The van der Waals surface area contributed by atoms with Crippen molar-refractivity contribution in [3.05, 3.63) is 45.2 Å². The number of benzene rings is 1. The Kier molecular flexibility index (Phi) is 6.91. The molecule has 0 spiro atoms. The number of phenolic OH excluding ortho intramolecular Hbond substituents is 1. The van der Waals surface area contributed by atoms with Gasteiger partial charge >= 0.3 is 0 Å². The number of phenols is 1. The molecule has 34 heavy (non-hydrogen) atoms. The number of hydrogen-bond donors (Lipinski definition) is 6. The second-order valence-electron chi connectivity index (χ2n) is 9.01. The van der Waals surface area contributed by atoms with E-state index in [4.69, 9.17) is 5.73 Å². The maximum atomic E-state index is 13.4. The second kappa shape index (κ2) is 9.23. The molecule has 4 rings (SSSR count). The number of aliphatic hydroxyl groups is 3. The lowest BCUT2D eigenvalue weighted by Crippen LogP contribution is -2.58. The van der Waals surface area contributed by atoms with Crippen LogP contribution in [-0.4, -0.2) is 57.6 Å². The molecule has 1 amide bonds. The van der Waals surface area contributed by atoms with Crippen LogP contribution >= 0.6 is 0 Å². The average Bonchev–Trinajstić information content (AvgIpc) is 2.76. The first-order chi connectivity index (χ1) is 16.0. The van der Waals surface area contributed by atoms with E-state index in [2.05, 4.69) is 5.32 Å². The Hall–Kier alpha value is -3.17. The number of nitrogens with one attached hydrogen (secondary N) is 1. The number of rotatable bonds is 3. The van der Waals surface area contributed by atoms with E-state index >= 15 is 0 Å². The molecule has 3 aliphatic rings. The van der Waals surface area contributed by atoms with E-state index in [1.807, 2.05) is 34.0 Å². The summed E-state index contributed by atoms with van der Waals surface area (Å²) in [4.78, 5) is 37.4. The minimum atomic E-state index is -2.53. The van der Waals surface area contributed by atoms with E-state index in [0.29, 0.717) is 24.8 Å². The number of ketones is 2. The summed E-state index contributed by atoms with van der Waals surface area (Å²) < 4.78 is 0. The minimum absolute atomic E-state index is 0.110. The van der Waals surface area contributed by atoms with Gasteiger partial charge in [0.25, 0.3) is 5.91 Å². The molecule has 0 aliphatic heterocycles. The highest BCUT2D eigenvalue weighted by atomic mass is 16.3. The number of Topliss-reactive ketones (excluding diaryl/α,β-unsaturated/α-hetero) is 2. The van der Waals surface area contributed by atoms with E-state index < -0.39 is 52.0 Å². The SMILES string of the molecule is CCc1cc(CC)c2c(c1O)C(O)=C1C(=O)[C@]3(O)C(O)=C(C(N)=O)C(=O)C[C@@H]3CC1C2.CNC.